The van der Waals surface area contributed by atoms with E-state index < -0.39 is 10.0 Å². The third-order valence-corrected chi connectivity index (χ3v) is 4.42. The summed E-state index contributed by atoms with van der Waals surface area (Å²) in [5.41, 5.74) is 1.07. The number of rotatable bonds is 5. The molecule has 1 N–H and O–H groups in total. The van der Waals surface area contributed by atoms with E-state index in [1.54, 1.807) is 24.4 Å². The molecular formula is C15H16N4O2S. The molecule has 0 bridgehead atoms. The molecule has 0 amide bonds. The molecule has 1 heterocycles. The van der Waals surface area contributed by atoms with Crippen molar-refractivity contribution >= 4 is 15.8 Å². The van der Waals surface area contributed by atoms with Crippen LogP contribution in [0.3, 0.4) is 0 Å². The molecule has 0 saturated heterocycles. The topological polar surface area (TPSA) is 86.1 Å². The summed E-state index contributed by atoms with van der Waals surface area (Å²) in [5.74, 6) is 0.705. The highest BCUT2D eigenvalue weighted by Crippen LogP contribution is 2.16. The van der Waals surface area contributed by atoms with Gasteiger partial charge in [0, 0.05) is 32.4 Å². The van der Waals surface area contributed by atoms with Crippen LogP contribution in [0.25, 0.3) is 0 Å². The number of hydrogen-bond donors (Lipinski definition) is 1. The maximum atomic E-state index is 12.3. The van der Waals surface area contributed by atoms with E-state index >= 15 is 0 Å². The maximum Gasteiger partial charge on any atom is 0.240 e. The Balaban J connectivity index is 2.22. The molecule has 0 fully saturated rings. The Morgan fingerprint density at radius 1 is 1.27 bits per heavy atom. The van der Waals surface area contributed by atoms with Crippen molar-refractivity contribution in [3.63, 3.8) is 0 Å². The van der Waals surface area contributed by atoms with Gasteiger partial charge in [-0.05, 0) is 24.3 Å². The van der Waals surface area contributed by atoms with Gasteiger partial charge in [0.15, 0.2) is 0 Å². The van der Waals surface area contributed by atoms with E-state index in [1.165, 1.54) is 12.1 Å². The van der Waals surface area contributed by atoms with Gasteiger partial charge in [0.05, 0.1) is 16.5 Å². The predicted octanol–water partition coefficient (Wildman–Crippen LogP) is 1.50. The van der Waals surface area contributed by atoms with Gasteiger partial charge in [-0.2, -0.15) is 5.26 Å². The van der Waals surface area contributed by atoms with Crippen molar-refractivity contribution < 1.29 is 8.42 Å². The van der Waals surface area contributed by atoms with Crippen molar-refractivity contribution in [2.75, 3.05) is 19.0 Å². The second-order valence-corrected chi connectivity index (χ2v) is 6.61. The summed E-state index contributed by atoms with van der Waals surface area (Å²) < 4.78 is 27.1. The highest BCUT2D eigenvalue weighted by molar-refractivity contribution is 7.89. The van der Waals surface area contributed by atoms with Crippen molar-refractivity contribution in [3.05, 3.63) is 53.7 Å². The van der Waals surface area contributed by atoms with Crippen molar-refractivity contribution in [2.45, 2.75) is 11.4 Å². The first kappa shape index (κ1) is 15.9. The fraction of sp³-hybridized carbons (Fsp3) is 0.200. The van der Waals surface area contributed by atoms with Crippen molar-refractivity contribution in [1.82, 2.24) is 9.71 Å². The zero-order chi connectivity index (χ0) is 16.2. The molecule has 0 aliphatic heterocycles. The average molecular weight is 316 g/mol. The van der Waals surface area contributed by atoms with Gasteiger partial charge in [0.2, 0.25) is 10.0 Å². The van der Waals surface area contributed by atoms with E-state index in [-0.39, 0.29) is 11.4 Å². The number of nitrogens with zero attached hydrogens (tertiary/aromatic N) is 3. The largest absolute Gasteiger partial charge is 0.362 e. The van der Waals surface area contributed by atoms with Gasteiger partial charge in [-0.25, -0.2) is 18.1 Å². The first-order valence-corrected chi connectivity index (χ1v) is 8.03. The molecule has 0 saturated carbocycles. The Bertz CT molecular complexity index is 810. The standard InChI is InChI=1S/C15H16N4O2S/c1-19(2)15-13(6-4-8-17-15)11-18-22(20,21)14-7-3-5-12(9-14)10-16/h3-9,18H,11H2,1-2H3. The van der Waals surface area contributed by atoms with Crippen LogP contribution in [0, 0.1) is 11.3 Å². The van der Waals surface area contributed by atoms with E-state index in [0.717, 1.165) is 5.56 Å². The number of nitrogens with one attached hydrogen (secondary N) is 1. The molecule has 22 heavy (non-hydrogen) atoms. The normalized spacial score (nSPS) is 11.0. The number of nitriles is 1. The van der Waals surface area contributed by atoms with Crippen LogP contribution in [0.5, 0.6) is 0 Å². The van der Waals surface area contributed by atoms with Gasteiger partial charge in [-0.1, -0.05) is 12.1 Å². The first-order valence-electron chi connectivity index (χ1n) is 6.55. The Labute approximate surface area is 130 Å². The molecular weight excluding hydrogens is 300 g/mol. The van der Waals surface area contributed by atoms with E-state index in [1.807, 2.05) is 31.1 Å². The van der Waals surface area contributed by atoms with Gasteiger partial charge in [0.1, 0.15) is 5.82 Å². The summed E-state index contributed by atoms with van der Waals surface area (Å²) in [6.45, 7) is 0.125. The van der Waals surface area contributed by atoms with Crippen LogP contribution in [-0.2, 0) is 16.6 Å². The minimum atomic E-state index is -3.68. The number of sulfonamides is 1. The van der Waals surface area contributed by atoms with Crippen molar-refractivity contribution in [1.29, 1.82) is 5.26 Å². The van der Waals surface area contributed by atoms with Gasteiger partial charge in [-0.15, -0.1) is 0 Å². The Morgan fingerprint density at radius 2 is 2.05 bits per heavy atom. The molecule has 1 aromatic heterocycles. The Morgan fingerprint density at radius 3 is 2.73 bits per heavy atom. The van der Waals surface area contributed by atoms with Crippen LogP contribution >= 0.6 is 0 Å². The fourth-order valence-electron chi connectivity index (χ4n) is 1.96. The lowest BCUT2D eigenvalue weighted by molar-refractivity contribution is 0.581. The highest BCUT2D eigenvalue weighted by atomic mass is 32.2. The first-order chi connectivity index (χ1) is 10.4. The van der Waals surface area contributed by atoms with Crippen molar-refractivity contribution in [3.8, 4) is 6.07 Å². The third kappa shape index (κ3) is 3.61. The maximum absolute atomic E-state index is 12.3. The van der Waals surface area contributed by atoms with E-state index in [9.17, 15) is 8.42 Å². The zero-order valence-electron chi connectivity index (χ0n) is 12.3. The molecule has 7 heteroatoms. The Hall–Kier alpha value is -2.43. The summed E-state index contributed by atoms with van der Waals surface area (Å²) in [6.07, 6.45) is 1.66. The molecule has 6 nitrogen and oxygen atoms in total. The van der Waals surface area contributed by atoms with Crippen LogP contribution in [-0.4, -0.2) is 27.5 Å². The zero-order valence-corrected chi connectivity index (χ0v) is 13.1. The molecule has 0 spiro atoms. The van der Waals surface area contributed by atoms with E-state index in [0.29, 0.717) is 11.4 Å². The fourth-order valence-corrected chi connectivity index (χ4v) is 3.01. The van der Waals surface area contributed by atoms with Gasteiger partial charge in [0.25, 0.3) is 0 Å². The summed E-state index contributed by atoms with van der Waals surface area (Å²) in [7, 11) is 0.00701. The van der Waals surface area contributed by atoms with Crippen molar-refractivity contribution in [2.24, 2.45) is 0 Å². The quantitative estimate of drug-likeness (QED) is 0.903. The number of pyridine rings is 1. The summed E-state index contributed by atoms with van der Waals surface area (Å²) in [4.78, 5) is 6.12. The van der Waals surface area contributed by atoms with E-state index in [2.05, 4.69) is 9.71 Å². The number of hydrogen-bond acceptors (Lipinski definition) is 5. The molecule has 0 atom stereocenters. The summed E-state index contributed by atoms with van der Waals surface area (Å²) in [6, 6.07) is 11.4. The van der Waals surface area contributed by atoms with Gasteiger partial charge < -0.3 is 4.90 Å². The molecule has 0 aliphatic rings. The molecule has 0 unspecified atom stereocenters. The summed E-state index contributed by atoms with van der Waals surface area (Å²) in [5, 5.41) is 8.85. The minimum absolute atomic E-state index is 0.0712. The van der Waals surface area contributed by atoms with Gasteiger partial charge >= 0.3 is 0 Å². The summed E-state index contributed by atoms with van der Waals surface area (Å²) >= 11 is 0. The molecule has 2 aromatic rings. The second kappa shape index (κ2) is 6.56. The number of anilines is 1. The van der Waals surface area contributed by atoms with Crippen LogP contribution in [0.1, 0.15) is 11.1 Å². The molecule has 0 radical (unpaired) electrons. The second-order valence-electron chi connectivity index (χ2n) is 4.84. The van der Waals surface area contributed by atoms with Crippen LogP contribution in [0.2, 0.25) is 0 Å². The molecule has 1 aromatic carbocycles. The lowest BCUT2D eigenvalue weighted by atomic mass is 10.2. The lowest BCUT2D eigenvalue weighted by Crippen LogP contribution is -2.25. The lowest BCUT2D eigenvalue weighted by Gasteiger charge is -2.16. The van der Waals surface area contributed by atoms with Crippen LogP contribution in [0.15, 0.2) is 47.5 Å². The number of aromatic nitrogens is 1. The molecule has 0 aliphatic carbocycles. The van der Waals surface area contributed by atoms with Crippen LogP contribution < -0.4 is 9.62 Å². The average Bonchev–Trinajstić information content (AvgIpc) is 2.53. The third-order valence-electron chi connectivity index (χ3n) is 3.02. The smallest absolute Gasteiger partial charge is 0.240 e. The minimum Gasteiger partial charge on any atom is -0.362 e. The van der Waals surface area contributed by atoms with Gasteiger partial charge in [-0.3, -0.25) is 0 Å². The molecule has 114 valence electrons. The van der Waals surface area contributed by atoms with Crippen LogP contribution in [0.4, 0.5) is 5.82 Å². The highest BCUT2D eigenvalue weighted by Gasteiger charge is 2.15. The monoisotopic (exact) mass is 316 g/mol. The Kier molecular flexibility index (Phi) is 4.75. The number of benzene rings is 1. The SMILES string of the molecule is CN(C)c1ncccc1CNS(=O)(=O)c1cccc(C#N)c1. The predicted molar refractivity (Wildman–Crippen MR) is 83.7 cm³/mol. The van der Waals surface area contributed by atoms with E-state index in [4.69, 9.17) is 5.26 Å². The molecule has 2 rings (SSSR count).